The molecule has 1 heterocycles. The highest BCUT2D eigenvalue weighted by Gasteiger charge is 2.19. The summed E-state index contributed by atoms with van der Waals surface area (Å²) in [5.41, 5.74) is 1.26. The summed E-state index contributed by atoms with van der Waals surface area (Å²) in [6.07, 6.45) is 3.73. The summed E-state index contributed by atoms with van der Waals surface area (Å²) < 4.78 is 5.22. The number of hydrogen-bond acceptors (Lipinski definition) is 3. The minimum absolute atomic E-state index is 0. The molecule has 1 N–H and O–H groups in total. The summed E-state index contributed by atoms with van der Waals surface area (Å²) in [6.45, 7) is 7.27. The second-order valence-corrected chi connectivity index (χ2v) is 5.85. The first-order valence-corrected chi connectivity index (χ1v) is 8.63. The van der Waals surface area contributed by atoms with Crippen LogP contribution in [0.1, 0.15) is 26.2 Å². The summed E-state index contributed by atoms with van der Waals surface area (Å²) in [7, 11) is 3.57. The van der Waals surface area contributed by atoms with Crippen LogP contribution in [-0.4, -0.2) is 57.7 Å². The van der Waals surface area contributed by atoms with E-state index in [1.54, 1.807) is 7.11 Å². The number of aliphatic imine (C=N–C) groups is 1. The molecule has 0 atom stereocenters. The maximum absolute atomic E-state index is 5.22. The first-order chi connectivity index (χ1) is 11.3. The number of ether oxygens (including phenoxy) is 1. The molecule has 0 unspecified atom stereocenters. The topological polar surface area (TPSA) is 40.1 Å². The Morgan fingerprint density at radius 1 is 1.12 bits per heavy atom. The highest BCUT2D eigenvalue weighted by molar-refractivity contribution is 14.0. The lowest BCUT2D eigenvalue weighted by Gasteiger charge is -2.37. The van der Waals surface area contributed by atoms with Crippen molar-refractivity contribution in [1.29, 1.82) is 0 Å². The zero-order chi connectivity index (χ0) is 16.5. The van der Waals surface area contributed by atoms with Gasteiger partial charge >= 0.3 is 0 Å². The molecule has 24 heavy (non-hydrogen) atoms. The van der Waals surface area contributed by atoms with Gasteiger partial charge < -0.3 is 19.9 Å². The van der Waals surface area contributed by atoms with Crippen molar-refractivity contribution in [2.24, 2.45) is 4.99 Å². The molecule has 1 aromatic carbocycles. The van der Waals surface area contributed by atoms with Gasteiger partial charge in [-0.05, 0) is 30.7 Å². The van der Waals surface area contributed by atoms with Crippen molar-refractivity contribution in [1.82, 2.24) is 10.2 Å². The number of unbranched alkanes of at least 4 members (excludes halogenated alkanes) is 2. The van der Waals surface area contributed by atoms with Gasteiger partial charge in [0.25, 0.3) is 0 Å². The molecule has 6 heteroatoms. The molecule has 0 aliphatic carbocycles. The van der Waals surface area contributed by atoms with Gasteiger partial charge in [-0.3, -0.25) is 4.99 Å². The maximum atomic E-state index is 5.22. The quantitative estimate of drug-likeness (QED) is 0.316. The van der Waals surface area contributed by atoms with Crippen LogP contribution < -0.4 is 15.0 Å². The molecule has 1 aromatic rings. The van der Waals surface area contributed by atoms with Crippen molar-refractivity contribution >= 4 is 35.6 Å². The van der Waals surface area contributed by atoms with Gasteiger partial charge in [0, 0.05) is 45.5 Å². The van der Waals surface area contributed by atoms with Gasteiger partial charge in [-0.15, -0.1) is 24.0 Å². The van der Waals surface area contributed by atoms with Crippen molar-refractivity contribution in [3.63, 3.8) is 0 Å². The fourth-order valence-corrected chi connectivity index (χ4v) is 2.88. The Labute approximate surface area is 163 Å². The SMILES string of the molecule is CCCCCNC(=NC)N1CCN(c2ccc(OC)cc2)CC1.I. The van der Waals surface area contributed by atoms with E-state index in [1.165, 1.54) is 24.9 Å². The number of anilines is 1. The molecule has 0 aromatic heterocycles. The zero-order valence-corrected chi connectivity index (χ0v) is 17.5. The fourth-order valence-electron chi connectivity index (χ4n) is 2.88. The molecule has 1 aliphatic rings. The maximum Gasteiger partial charge on any atom is 0.193 e. The summed E-state index contributed by atoms with van der Waals surface area (Å²) in [5.74, 6) is 1.94. The molecule has 136 valence electrons. The molecule has 5 nitrogen and oxygen atoms in total. The molecule has 0 radical (unpaired) electrons. The lowest BCUT2D eigenvalue weighted by atomic mass is 10.2. The summed E-state index contributed by atoms with van der Waals surface area (Å²) >= 11 is 0. The first-order valence-electron chi connectivity index (χ1n) is 8.63. The smallest absolute Gasteiger partial charge is 0.193 e. The first kappa shape index (κ1) is 20.9. The third-order valence-corrected chi connectivity index (χ3v) is 4.29. The van der Waals surface area contributed by atoms with Gasteiger partial charge in [0.1, 0.15) is 5.75 Å². The number of piperazine rings is 1. The molecule has 0 amide bonds. The average Bonchev–Trinajstić information content (AvgIpc) is 2.62. The van der Waals surface area contributed by atoms with E-state index in [-0.39, 0.29) is 24.0 Å². The molecular weight excluding hydrogens is 415 g/mol. The lowest BCUT2D eigenvalue weighted by molar-refractivity contribution is 0.372. The van der Waals surface area contributed by atoms with Gasteiger partial charge in [-0.1, -0.05) is 19.8 Å². The Bertz CT molecular complexity index is 484. The predicted molar refractivity (Wildman–Crippen MR) is 113 cm³/mol. The van der Waals surface area contributed by atoms with Crippen molar-refractivity contribution in [2.75, 3.05) is 51.8 Å². The Hall–Kier alpha value is -1.18. The fraction of sp³-hybridized carbons (Fsp3) is 0.611. The Kier molecular flexibility index (Phi) is 9.90. The van der Waals surface area contributed by atoms with Gasteiger partial charge in [0.05, 0.1) is 7.11 Å². The largest absolute Gasteiger partial charge is 0.497 e. The minimum Gasteiger partial charge on any atom is -0.497 e. The van der Waals surface area contributed by atoms with Crippen LogP contribution in [0.15, 0.2) is 29.3 Å². The van der Waals surface area contributed by atoms with Crippen LogP contribution in [0.2, 0.25) is 0 Å². The number of nitrogens with zero attached hydrogens (tertiary/aromatic N) is 3. The molecule has 0 saturated carbocycles. The van der Waals surface area contributed by atoms with E-state index < -0.39 is 0 Å². The Balaban J connectivity index is 0.00000288. The van der Waals surface area contributed by atoms with Crippen molar-refractivity contribution < 1.29 is 4.74 Å². The van der Waals surface area contributed by atoms with Crippen molar-refractivity contribution in [3.05, 3.63) is 24.3 Å². The number of methoxy groups -OCH3 is 1. The Morgan fingerprint density at radius 2 is 1.79 bits per heavy atom. The minimum atomic E-state index is 0. The van der Waals surface area contributed by atoms with Gasteiger partial charge in [-0.2, -0.15) is 0 Å². The number of halogens is 1. The van der Waals surface area contributed by atoms with Gasteiger partial charge in [0.15, 0.2) is 5.96 Å². The summed E-state index contributed by atoms with van der Waals surface area (Å²) in [5, 5.41) is 3.48. The molecule has 0 spiro atoms. The van der Waals surface area contributed by atoms with Crippen LogP contribution in [0, 0.1) is 0 Å². The van der Waals surface area contributed by atoms with E-state index in [4.69, 9.17) is 4.74 Å². The van der Waals surface area contributed by atoms with Crippen molar-refractivity contribution in [2.45, 2.75) is 26.2 Å². The van der Waals surface area contributed by atoms with Gasteiger partial charge in [0.2, 0.25) is 0 Å². The number of rotatable bonds is 6. The Morgan fingerprint density at radius 3 is 2.33 bits per heavy atom. The molecule has 2 rings (SSSR count). The van der Waals surface area contributed by atoms with E-state index in [1.807, 2.05) is 19.2 Å². The van der Waals surface area contributed by atoms with E-state index >= 15 is 0 Å². The standard InChI is InChI=1S/C18H30N4O.HI/c1-4-5-6-11-20-18(19-2)22-14-12-21(13-15-22)16-7-9-17(23-3)10-8-16;/h7-10H,4-6,11-15H2,1-3H3,(H,19,20);1H. The second-order valence-electron chi connectivity index (χ2n) is 5.85. The second kappa shape index (κ2) is 11.4. The average molecular weight is 446 g/mol. The molecular formula is C18H31IN4O. The summed E-state index contributed by atoms with van der Waals surface area (Å²) in [6, 6.07) is 8.31. The zero-order valence-electron chi connectivity index (χ0n) is 15.1. The summed E-state index contributed by atoms with van der Waals surface area (Å²) in [4.78, 5) is 9.20. The molecule has 1 aliphatic heterocycles. The van der Waals surface area contributed by atoms with E-state index in [0.717, 1.165) is 44.4 Å². The van der Waals surface area contributed by atoms with E-state index in [9.17, 15) is 0 Å². The number of guanidine groups is 1. The number of benzene rings is 1. The highest BCUT2D eigenvalue weighted by atomic mass is 127. The van der Waals surface area contributed by atoms with Crippen LogP contribution in [0.25, 0.3) is 0 Å². The predicted octanol–water partition coefficient (Wildman–Crippen LogP) is 3.20. The van der Waals surface area contributed by atoms with Crippen molar-refractivity contribution in [3.8, 4) is 5.75 Å². The number of hydrogen-bond donors (Lipinski definition) is 1. The van der Waals surface area contributed by atoms with Crippen LogP contribution in [0.4, 0.5) is 5.69 Å². The van der Waals surface area contributed by atoms with E-state index in [0.29, 0.717) is 0 Å². The van der Waals surface area contributed by atoms with Crippen LogP contribution in [0.3, 0.4) is 0 Å². The highest BCUT2D eigenvalue weighted by Crippen LogP contribution is 2.20. The normalized spacial score (nSPS) is 15.0. The van der Waals surface area contributed by atoms with Gasteiger partial charge in [-0.25, -0.2) is 0 Å². The molecule has 1 saturated heterocycles. The van der Waals surface area contributed by atoms with Crippen LogP contribution >= 0.6 is 24.0 Å². The lowest BCUT2D eigenvalue weighted by Crippen LogP contribution is -2.52. The third kappa shape index (κ3) is 6.03. The monoisotopic (exact) mass is 446 g/mol. The molecule has 1 fully saturated rings. The van der Waals surface area contributed by atoms with Crippen LogP contribution in [0.5, 0.6) is 5.75 Å². The van der Waals surface area contributed by atoms with Crippen LogP contribution in [-0.2, 0) is 0 Å². The molecule has 0 bridgehead atoms. The third-order valence-electron chi connectivity index (χ3n) is 4.29. The van der Waals surface area contributed by atoms with E-state index in [2.05, 4.69) is 39.2 Å². The number of nitrogens with one attached hydrogen (secondary N) is 1.